The van der Waals surface area contributed by atoms with Crippen molar-refractivity contribution in [1.29, 1.82) is 0 Å². The van der Waals surface area contributed by atoms with Crippen LogP contribution in [0.2, 0.25) is 0 Å². The van der Waals surface area contributed by atoms with E-state index in [-0.39, 0.29) is 12.3 Å². The number of amides is 2. The highest BCUT2D eigenvalue weighted by Gasteiger charge is 2.50. The minimum absolute atomic E-state index is 0.0591. The molecule has 0 heterocycles. The van der Waals surface area contributed by atoms with Crippen molar-refractivity contribution < 1.29 is 9.59 Å². The fourth-order valence-electron chi connectivity index (χ4n) is 5.24. The Morgan fingerprint density at radius 3 is 2.05 bits per heavy atom. The van der Waals surface area contributed by atoms with Gasteiger partial charge in [0, 0.05) is 13.1 Å². The zero-order valence-electron chi connectivity index (χ0n) is 12.1. The maximum atomic E-state index is 12.4. The van der Waals surface area contributed by atoms with E-state index in [0.29, 0.717) is 17.9 Å². The van der Waals surface area contributed by atoms with Crippen LogP contribution >= 0.6 is 0 Å². The standard InChI is InChI=1S/C15H25N3O2/c1-18(15(20)12(16)7-13(17)19)14-10-3-8-2-9(5-10)6-11(14)4-8/h8-12,14H,2-7,16H2,1H3,(H2,17,19). The van der Waals surface area contributed by atoms with E-state index >= 15 is 0 Å². The molecule has 20 heavy (non-hydrogen) atoms. The lowest BCUT2D eigenvalue weighted by Gasteiger charge is -2.56. The molecule has 1 unspecified atom stereocenters. The maximum Gasteiger partial charge on any atom is 0.240 e. The Kier molecular flexibility index (Phi) is 3.48. The average molecular weight is 279 g/mol. The molecule has 0 radical (unpaired) electrons. The normalized spacial score (nSPS) is 39.6. The van der Waals surface area contributed by atoms with Crippen LogP contribution in [0, 0.1) is 23.7 Å². The average Bonchev–Trinajstić information content (AvgIpc) is 2.35. The van der Waals surface area contributed by atoms with Crippen LogP contribution in [0.3, 0.4) is 0 Å². The lowest BCUT2D eigenvalue weighted by molar-refractivity contribution is -0.143. The summed E-state index contributed by atoms with van der Waals surface area (Å²) < 4.78 is 0. The second-order valence-electron chi connectivity index (χ2n) is 7.15. The first-order valence-electron chi connectivity index (χ1n) is 7.76. The number of likely N-dealkylation sites (N-methyl/N-ethyl adjacent to an activating group) is 1. The van der Waals surface area contributed by atoms with Crippen LogP contribution in [0.5, 0.6) is 0 Å². The van der Waals surface area contributed by atoms with Crippen molar-refractivity contribution in [2.24, 2.45) is 35.1 Å². The largest absolute Gasteiger partial charge is 0.370 e. The Balaban J connectivity index is 1.69. The third kappa shape index (κ3) is 2.32. The first-order valence-corrected chi connectivity index (χ1v) is 7.76. The molecule has 4 aliphatic rings. The monoisotopic (exact) mass is 279 g/mol. The lowest BCUT2D eigenvalue weighted by atomic mass is 9.54. The van der Waals surface area contributed by atoms with Crippen molar-refractivity contribution in [3.63, 3.8) is 0 Å². The maximum absolute atomic E-state index is 12.4. The van der Waals surface area contributed by atoms with E-state index in [9.17, 15) is 9.59 Å². The van der Waals surface area contributed by atoms with E-state index in [2.05, 4.69) is 0 Å². The molecule has 4 rings (SSSR count). The van der Waals surface area contributed by atoms with Gasteiger partial charge in [0.1, 0.15) is 0 Å². The fraction of sp³-hybridized carbons (Fsp3) is 0.867. The van der Waals surface area contributed by atoms with Crippen molar-refractivity contribution in [3.05, 3.63) is 0 Å². The molecule has 4 fully saturated rings. The van der Waals surface area contributed by atoms with Crippen LogP contribution in [0.25, 0.3) is 0 Å². The van der Waals surface area contributed by atoms with Crippen molar-refractivity contribution in [2.45, 2.75) is 50.6 Å². The Morgan fingerprint density at radius 1 is 1.10 bits per heavy atom. The summed E-state index contributed by atoms with van der Waals surface area (Å²) in [6, 6.07) is -0.455. The highest BCUT2D eigenvalue weighted by Crippen LogP contribution is 2.54. The summed E-state index contributed by atoms with van der Waals surface area (Å²) in [4.78, 5) is 25.2. The molecule has 4 saturated carbocycles. The van der Waals surface area contributed by atoms with E-state index in [0.717, 1.165) is 11.8 Å². The second kappa shape index (κ2) is 5.02. The van der Waals surface area contributed by atoms with E-state index in [1.165, 1.54) is 32.1 Å². The topological polar surface area (TPSA) is 89.4 Å². The van der Waals surface area contributed by atoms with Gasteiger partial charge in [-0.1, -0.05) is 0 Å². The number of nitrogens with zero attached hydrogens (tertiary/aromatic N) is 1. The van der Waals surface area contributed by atoms with Crippen molar-refractivity contribution in [1.82, 2.24) is 4.90 Å². The number of rotatable bonds is 4. The Labute approximate surface area is 120 Å². The van der Waals surface area contributed by atoms with Crippen LogP contribution in [0.1, 0.15) is 38.5 Å². The molecule has 4 N–H and O–H groups in total. The number of nitrogens with two attached hydrogens (primary N) is 2. The van der Waals surface area contributed by atoms with Gasteiger partial charge in [-0.3, -0.25) is 9.59 Å². The number of hydrogen-bond acceptors (Lipinski definition) is 3. The van der Waals surface area contributed by atoms with Gasteiger partial charge < -0.3 is 16.4 Å². The van der Waals surface area contributed by atoms with Crippen LogP contribution in [-0.4, -0.2) is 35.8 Å². The number of carbonyl (C=O) groups is 2. The summed E-state index contributed by atoms with van der Waals surface area (Å²) >= 11 is 0. The zero-order chi connectivity index (χ0) is 14.4. The summed E-state index contributed by atoms with van der Waals surface area (Å²) in [5.41, 5.74) is 11.0. The van der Waals surface area contributed by atoms with E-state index in [1.54, 1.807) is 0 Å². The van der Waals surface area contributed by atoms with Crippen LogP contribution < -0.4 is 11.5 Å². The molecule has 112 valence electrons. The zero-order valence-corrected chi connectivity index (χ0v) is 12.1. The Morgan fingerprint density at radius 2 is 1.60 bits per heavy atom. The predicted octanol–water partition coefficient (Wildman–Crippen LogP) is 0.472. The van der Waals surface area contributed by atoms with Gasteiger partial charge in [0.25, 0.3) is 0 Å². The molecule has 1 atom stereocenters. The van der Waals surface area contributed by atoms with Crippen molar-refractivity contribution >= 4 is 11.8 Å². The molecular formula is C15H25N3O2. The van der Waals surface area contributed by atoms with E-state index < -0.39 is 11.9 Å². The predicted molar refractivity (Wildman–Crippen MR) is 75.4 cm³/mol. The van der Waals surface area contributed by atoms with Gasteiger partial charge in [0.15, 0.2) is 0 Å². The first kappa shape index (κ1) is 13.9. The minimum Gasteiger partial charge on any atom is -0.370 e. The Bertz CT molecular complexity index is 395. The molecule has 4 bridgehead atoms. The van der Waals surface area contributed by atoms with Crippen molar-refractivity contribution in [2.75, 3.05) is 7.05 Å². The van der Waals surface area contributed by atoms with Gasteiger partial charge in [0.05, 0.1) is 12.5 Å². The summed E-state index contributed by atoms with van der Waals surface area (Å²) in [7, 11) is 1.86. The molecule has 5 nitrogen and oxygen atoms in total. The number of primary amides is 1. The molecule has 5 heteroatoms. The molecule has 0 aliphatic heterocycles. The van der Waals surface area contributed by atoms with Gasteiger partial charge in [-0.25, -0.2) is 0 Å². The molecule has 4 aliphatic carbocycles. The molecule has 2 amide bonds. The third-order valence-corrected chi connectivity index (χ3v) is 5.71. The minimum atomic E-state index is -0.783. The third-order valence-electron chi connectivity index (χ3n) is 5.71. The summed E-state index contributed by atoms with van der Waals surface area (Å²) in [5.74, 6) is 2.42. The van der Waals surface area contributed by atoms with E-state index in [4.69, 9.17) is 11.5 Å². The summed E-state index contributed by atoms with van der Waals surface area (Å²) in [6.07, 6.45) is 6.40. The molecule has 0 aromatic rings. The fourth-order valence-corrected chi connectivity index (χ4v) is 5.24. The highest BCUT2D eigenvalue weighted by atomic mass is 16.2. The van der Waals surface area contributed by atoms with Crippen LogP contribution in [-0.2, 0) is 9.59 Å². The molecule has 0 saturated heterocycles. The molecular weight excluding hydrogens is 254 g/mol. The smallest absolute Gasteiger partial charge is 0.240 e. The molecule has 0 aromatic heterocycles. The Hall–Kier alpha value is -1.10. The quantitative estimate of drug-likeness (QED) is 0.784. The van der Waals surface area contributed by atoms with E-state index in [1.807, 2.05) is 11.9 Å². The second-order valence-corrected chi connectivity index (χ2v) is 7.15. The van der Waals surface area contributed by atoms with Gasteiger partial charge in [-0.05, 0) is 55.8 Å². The SMILES string of the molecule is CN(C(=O)C(N)CC(N)=O)C1C2CC3CC(C2)CC1C3. The number of carbonyl (C=O) groups excluding carboxylic acids is 2. The van der Waals surface area contributed by atoms with Gasteiger partial charge >= 0.3 is 0 Å². The van der Waals surface area contributed by atoms with Crippen LogP contribution in [0.4, 0.5) is 0 Å². The van der Waals surface area contributed by atoms with Gasteiger partial charge in [-0.15, -0.1) is 0 Å². The first-order chi connectivity index (χ1) is 9.45. The van der Waals surface area contributed by atoms with Gasteiger partial charge in [0.2, 0.25) is 11.8 Å². The van der Waals surface area contributed by atoms with Crippen molar-refractivity contribution in [3.8, 4) is 0 Å². The molecule has 0 spiro atoms. The van der Waals surface area contributed by atoms with Crippen LogP contribution in [0.15, 0.2) is 0 Å². The lowest BCUT2D eigenvalue weighted by Crippen LogP contribution is -2.58. The summed E-state index contributed by atoms with van der Waals surface area (Å²) in [6.45, 7) is 0. The summed E-state index contributed by atoms with van der Waals surface area (Å²) in [5, 5.41) is 0. The number of hydrogen-bond donors (Lipinski definition) is 2. The van der Waals surface area contributed by atoms with Gasteiger partial charge in [-0.2, -0.15) is 0 Å². The molecule has 0 aromatic carbocycles. The highest BCUT2D eigenvalue weighted by molar-refractivity contribution is 5.87.